The van der Waals surface area contributed by atoms with E-state index in [0.717, 1.165) is 6.42 Å². The highest BCUT2D eigenvalue weighted by molar-refractivity contribution is 6.36. The predicted octanol–water partition coefficient (Wildman–Crippen LogP) is 1.49. The maximum Gasteiger partial charge on any atom is 0.115 e. The van der Waals surface area contributed by atoms with Crippen molar-refractivity contribution in [2.24, 2.45) is 5.92 Å². The van der Waals surface area contributed by atoms with Gasteiger partial charge in [-0.05, 0) is 18.8 Å². The van der Waals surface area contributed by atoms with E-state index in [4.69, 9.17) is 5.11 Å². The molecule has 1 N–H and O–H groups in total. The molecule has 0 aromatic rings. The third-order valence-electron chi connectivity index (χ3n) is 2.13. The first-order chi connectivity index (χ1) is 4.86. The fraction of sp³-hybridized carbons (Fsp3) is 0.750. The first-order valence-electron chi connectivity index (χ1n) is 3.95. The molecule has 0 spiro atoms. The lowest BCUT2D eigenvalue weighted by molar-refractivity contribution is 0.269. The van der Waals surface area contributed by atoms with Crippen LogP contribution < -0.4 is 0 Å². The van der Waals surface area contributed by atoms with Crippen LogP contribution in [0, 0.1) is 5.92 Å². The van der Waals surface area contributed by atoms with Crippen molar-refractivity contribution in [3.63, 3.8) is 0 Å². The number of allylic oxidation sites excluding steroid dienone is 2. The highest BCUT2D eigenvalue weighted by Gasteiger charge is 2.16. The Morgan fingerprint density at radius 3 is 2.90 bits per heavy atom. The van der Waals surface area contributed by atoms with E-state index in [0.29, 0.717) is 18.3 Å². The van der Waals surface area contributed by atoms with Crippen molar-refractivity contribution in [3.05, 3.63) is 12.2 Å². The smallest absolute Gasteiger partial charge is 0.115 e. The fourth-order valence-corrected chi connectivity index (χ4v) is 1.43. The van der Waals surface area contributed by atoms with Crippen molar-refractivity contribution < 1.29 is 5.11 Å². The minimum absolute atomic E-state index is 0.325. The predicted molar refractivity (Wildman–Crippen MR) is 44.3 cm³/mol. The summed E-state index contributed by atoms with van der Waals surface area (Å²) in [6.45, 7) is 2.42. The van der Waals surface area contributed by atoms with Gasteiger partial charge in [-0.15, -0.1) is 0 Å². The first kappa shape index (κ1) is 7.87. The third-order valence-corrected chi connectivity index (χ3v) is 2.13. The second kappa shape index (κ2) is 3.82. The summed E-state index contributed by atoms with van der Waals surface area (Å²) in [5.41, 5.74) is 0. The van der Waals surface area contributed by atoms with Crippen LogP contribution in [0.25, 0.3) is 0 Å². The van der Waals surface area contributed by atoms with Gasteiger partial charge in [0.25, 0.3) is 0 Å². The summed E-state index contributed by atoms with van der Waals surface area (Å²) in [4.78, 5) is 0. The molecule has 2 heteroatoms. The summed E-state index contributed by atoms with van der Waals surface area (Å²) in [6, 6.07) is 0. The van der Waals surface area contributed by atoms with Crippen LogP contribution in [0.1, 0.15) is 12.8 Å². The monoisotopic (exact) mass is 137 g/mol. The van der Waals surface area contributed by atoms with E-state index in [1.54, 1.807) is 0 Å². The molecular weight excluding hydrogens is 123 g/mol. The molecule has 1 radical (unpaired) electrons. The van der Waals surface area contributed by atoms with Crippen LogP contribution in [-0.4, -0.2) is 19.0 Å². The zero-order valence-electron chi connectivity index (χ0n) is 6.46. The molecular formula is C8H14BO. The summed E-state index contributed by atoms with van der Waals surface area (Å²) in [5, 5.41) is 8.64. The molecule has 0 unspecified atom stereocenters. The van der Waals surface area contributed by atoms with Gasteiger partial charge in [0.05, 0.1) is 0 Å². The Bertz CT molecular complexity index is 122. The Balaban J connectivity index is 2.24. The SMILES string of the molecule is C[B][C@H]1C=C[C@@H](CCO)C1. The molecule has 0 heterocycles. The van der Waals surface area contributed by atoms with Gasteiger partial charge in [0, 0.05) is 6.61 Å². The quantitative estimate of drug-likeness (QED) is 0.461. The maximum atomic E-state index is 8.64. The van der Waals surface area contributed by atoms with Crippen molar-refractivity contribution in [2.45, 2.75) is 25.5 Å². The summed E-state index contributed by atoms with van der Waals surface area (Å²) in [7, 11) is 2.22. The normalized spacial score (nSPS) is 31.0. The molecule has 55 valence electrons. The molecule has 0 aromatic carbocycles. The summed E-state index contributed by atoms with van der Waals surface area (Å²) >= 11 is 0. The largest absolute Gasteiger partial charge is 0.396 e. The van der Waals surface area contributed by atoms with Crippen LogP contribution in [0.5, 0.6) is 0 Å². The van der Waals surface area contributed by atoms with Gasteiger partial charge in [-0.25, -0.2) is 0 Å². The molecule has 1 aliphatic rings. The fourth-order valence-electron chi connectivity index (χ4n) is 1.43. The molecule has 0 aliphatic heterocycles. The van der Waals surface area contributed by atoms with E-state index in [1.165, 1.54) is 6.42 Å². The van der Waals surface area contributed by atoms with Gasteiger partial charge >= 0.3 is 0 Å². The molecule has 0 aromatic heterocycles. The molecule has 0 saturated carbocycles. The van der Waals surface area contributed by atoms with Crippen LogP contribution in [-0.2, 0) is 0 Å². The Labute approximate surface area is 63.4 Å². The molecule has 0 fully saturated rings. The zero-order valence-corrected chi connectivity index (χ0v) is 6.46. The standard InChI is InChI=1S/C8H14BO/c1-9-8-3-2-7(6-8)4-5-10/h2-3,7-8,10H,4-6H2,1H3/t7-,8-/m0/s1. The number of aliphatic hydroxyl groups excluding tert-OH is 1. The third kappa shape index (κ3) is 1.88. The lowest BCUT2D eigenvalue weighted by Gasteiger charge is -2.06. The lowest BCUT2D eigenvalue weighted by atomic mass is 9.66. The van der Waals surface area contributed by atoms with Crippen LogP contribution >= 0.6 is 0 Å². The maximum absolute atomic E-state index is 8.64. The Morgan fingerprint density at radius 2 is 2.40 bits per heavy atom. The van der Waals surface area contributed by atoms with Gasteiger partial charge < -0.3 is 5.11 Å². The van der Waals surface area contributed by atoms with E-state index >= 15 is 0 Å². The minimum atomic E-state index is 0.325. The van der Waals surface area contributed by atoms with Crippen LogP contribution in [0.2, 0.25) is 12.6 Å². The van der Waals surface area contributed by atoms with Crippen LogP contribution in [0.3, 0.4) is 0 Å². The van der Waals surface area contributed by atoms with Gasteiger partial charge in [0.2, 0.25) is 0 Å². The summed E-state index contributed by atoms with van der Waals surface area (Å²) in [6.07, 6.45) is 6.60. The molecule has 1 nitrogen and oxygen atoms in total. The van der Waals surface area contributed by atoms with Crippen molar-refractivity contribution in [2.75, 3.05) is 6.61 Å². The second-order valence-electron chi connectivity index (χ2n) is 2.89. The molecule has 1 rings (SSSR count). The number of hydrogen-bond acceptors (Lipinski definition) is 1. The highest BCUT2D eigenvalue weighted by Crippen LogP contribution is 2.29. The molecule has 0 amide bonds. The molecule has 1 aliphatic carbocycles. The highest BCUT2D eigenvalue weighted by atomic mass is 16.3. The minimum Gasteiger partial charge on any atom is -0.396 e. The molecule has 2 atom stereocenters. The molecule has 0 saturated heterocycles. The zero-order chi connectivity index (χ0) is 7.40. The number of aliphatic hydroxyl groups is 1. The van der Waals surface area contributed by atoms with Crippen molar-refractivity contribution in [3.8, 4) is 0 Å². The topological polar surface area (TPSA) is 20.2 Å². The van der Waals surface area contributed by atoms with Gasteiger partial charge in [-0.3, -0.25) is 0 Å². The van der Waals surface area contributed by atoms with E-state index in [9.17, 15) is 0 Å². The van der Waals surface area contributed by atoms with Crippen molar-refractivity contribution >= 4 is 7.28 Å². The lowest BCUT2D eigenvalue weighted by Crippen LogP contribution is -1.99. The van der Waals surface area contributed by atoms with E-state index < -0.39 is 0 Å². The van der Waals surface area contributed by atoms with E-state index in [-0.39, 0.29) is 0 Å². The average molecular weight is 137 g/mol. The molecule has 10 heavy (non-hydrogen) atoms. The summed E-state index contributed by atoms with van der Waals surface area (Å²) < 4.78 is 0. The number of rotatable bonds is 3. The van der Waals surface area contributed by atoms with Gasteiger partial charge in [-0.2, -0.15) is 0 Å². The average Bonchev–Trinajstić information content (AvgIpc) is 2.37. The van der Waals surface area contributed by atoms with Gasteiger partial charge in [0.15, 0.2) is 0 Å². The van der Waals surface area contributed by atoms with Gasteiger partial charge in [-0.1, -0.05) is 24.8 Å². The summed E-state index contributed by atoms with van der Waals surface area (Å²) in [5.74, 6) is 1.29. The number of hydrogen-bond donors (Lipinski definition) is 1. The first-order valence-corrected chi connectivity index (χ1v) is 3.95. The van der Waals surface area contributed by atoms with E-state index in [2.05, 4.69) is 26.3 Å². The van der Waals surface area contributed by atoms with Crippen molar-refractivity contribution in [1.29, 1.82) is 0 Å². The van der Waals surface area contributed by atoms with Crippen LogP contribution in [0.15, 0.2) is 12.2 Å². The Hall–Kier alpha value is -0.235. The van der Waals surface area contributed by atoms with Gasteiger partial charge in [0.1, 0.15) is 7.28 Å². The molecule has 0 bridgehead atoms. The van der Waals surface area contributed by atoms with E-state index in [1.807, 2.05) is 0 Å². The Kier molecular flexibility index (Phi) is 3.00. The Morgan fingerprint density at radius 1 is 1.60 bits per heavy atom. The van der Waals surface area contributed by atoms with Crippen molar-refractivity contribution in [1.82, 2.24) is 0 Å². The van der Waals surface area contributed by atoms with Crippen LogP contribution in [0.4, 0.5) is 0 Å². The second-order valence-corrected chi connectivity index (χ2v) is 2.89.